The van der Waals surface area contributed by atoms with Gasteiger partial charge < -0.3 is 8.83 Å². The maximum absolute atomic E-state index is 6.48. The predicted octanol–water partition coefficient (Wildman–Crippen LogP) is 10.3. The quantitative estimate of drug-likeness (QED) is 0.212. The fraction of sp³-hybridized carbons (Fsp3) is 0. The maximum Gasteiger partial charge on any atom is 0.164 e. The Morgan fingerprint density at radius 2 is 0.977 bits per heavy atom. The Bertz CT molecular complexity index is 2440. The van der Waals surface area contributed by atoms with Gasteiger partial charge in [-0.25, -0.2) is 15.0 Å². The first-order valence-electron chi connectivity index (χ1n) is 14.5. The summed E-state index contributed by atoms with van der Waals surface area (Å²) in [6.45, 7) is 0. The molecule has 3 heterocycles. The summed E-state index contributed by atoms with van der Waals surface area (Å²) in [5.41, 5.74) is 8.13. The number of benzene rings is 6. The Labute approximate surface area is 252 Å². The SMILES string of the molecule is c1ccc(-c2nc(-c3ccccc3)nc(-c3cccc4oc5cc(-c6cccc7c6oc6ccccc67)ccc5c34)n2)cc1. The van der Waals surface area contributed by atoms with Gasteiger partial charge in [-0.3, -0.25) is 0 Å². The molecule has 0 saturated heterocycles. The molecule has 0 aliphatic rings. The van der Waals surface area contributed by atoms with Crippen molar-refractivity contribution in [3.8, 4) is 45.3 Å². The van der Waals surface area contributed by atoms with E-state index in [1.165, 1.54) is 0 Å². The summed E-state index contributed by atoms with van der Waals surface area (Å²) in [6, 6.07) is 46.9. The van der Waals surface area contributed by atoms with Crippen molar-refractivity contribution in [2.24, 2.45) is 0 Å². The summed E-state index contributed by atoms with van der Waals surface area (Å²) in [7, 11) is 0. The third-order valence-electron chi connectivity index (χ3n) is 8.15. The standard InChI is InChI=1S/C39H23N3O2/c1-3-11-24(12-4-1)37-40-38(25-13-5-2-6-14-25)42-39(41-37)31-18-10-20-33-35(31)30-22-21-26(23-34(30)43-33)27-16-9-17-29-28-15-7-8-19-32(28)44-36(27)29/h1-23H. The molecule has 0 radical (unpaired) electrons. The van der Waals surface area contributed by atoms with Gasteiger partial charge in [0, 0.05) is 43.8 Å². The zero-order valence-corrected chi connectivity index (χ0v) is 23.4. The van der Waals surface area contributed by atoms with E-state index in [1.807, 2.05) is 91.0 Å². The van der Waals surface area contributed by atoms with E-state index in [1.54, 1.807) is 0 Å². The normalized spacial score (nSPS) is 11.6. The van der Waals surface area contributed by atoms with Gasteiger partial charge in [0.05, 0.1) is 0 Å². The second kappa shape index (κ2) is 9.75. The maximum atomic E-state index is 6.48. The molecule has 3 aromatic heterocycles. The average Bonchev–Trinajstić information content (AvgIpc) is 3.67. The van der Waals surface area contributed by atoms with Crippen LogP contribution in [0.15, 0.2) is 148 Å². The molecule has 0 fully saturated rings. The lowest BCUT2D eigenvalue weighted by atomic mass is 10.00. The van der Waals surface area contributed by atoms with E-state index in [0.29, 0.717) is 17.5 Å². The fourth-order valence-corrected chi connectivity index (χ4v) is 6.08. The number of nitrogens with zero attached hydrogens (tertiary/aromatic N) is 3. The second-order valence-electron chi connectivity index (χ2n) is 10.8. The Morgan fingerprint density at radius 1 is 0.364 bits per heavy atom. The van der Waals surface area contributed by atoms with E-state index < -0.39 is 0 Å². The molecule has 44 heavy (non-hydrogen) atoms. The lowest BCUT2D eigenvalue weighted by molar-refractivity contribution is 0.668. The fourth-order valence-electron chi connectivity index (χ4n) is 6.08. The van der Waals surface area contributed by atoms with E-state index in [2.05, 4.69) is 48.5 Å². The van der Waals surface area contributed by atoms with Crippen LogP contribution in [0.4, 0.5) is 0 Å². The van der Waals surface area contributed by atoms with Crippen LogP contribution in [-0.4, -0.2) is 15.0 Å². The average molecular weight is 566 g/mol. The number of fused-ring (bicyclic) bond motifs is 6. The van der Waals surface area contributed by atoms with Crippen LogP contribution >= 0.6 is 0 Å². The highest BCUT2D eigenvalue weighted by Crippen LogP contribution is 2.40. The summed E-state index contributed by atoms with van der Waals surface area (Å²) in [4.78, 5) is 14.8. The van der Waals surface area contributed by atoms with Crippen LogP contribution in [-0.2, 0) is 0 Å². The Kier molecular flexibility index (Phi) is 5.43. The van der Waals surface area contributed by atoms with Crippen molar-refractivity contribution in [2.75, 3.05) is 0 Å². The van der Waals surface area contributed by atoms with Crippen LogP contribution in [0.2, 0.25) is 0 Å². The predicted molar refractivity (Wildman–Crippen MR) is 176 cm³/mol. The molecule has 5 nitrogen and oxygen atoms in total. The van der Waals surface area contributed by atoms with Crippen molar-refractivity contribution in [1.29, 1.82) is 0 Å². The molecule has 0 atom stereocenters. The van der Waals surface area contributed by atoms with E-state index in [9.17, 15) is 0 Å². The molecule has 6 aromatic carbocycles. The van der Waals surface area contributed by atoms with Crippen molar-refractivity contribution >= 4 is 43.9 Å². The molecule has 0 aliphatic carbocycles. The number of rotatable bonds is 4. The van der Waals surface area contributed by atoms with Gasteiger partial charge in [-0.2, -0.15) is 0 Å². The summed E-state index contributed by atoms with van der Waals surface area (Å²) < 4.78 is 12.8. The summed E-state index contributed by atoms with van der Waals surface area (Å²) in [6.07, 6.45) is 0. The van der Waals surface area contributed by atoms with Gasteiger partial charge in [-0.1, -0.05) is 115 Å². The smallest absolute Gasteiger partial charge is 0.164 e. The number of hydrogen-bond acceptors (Lipinski definition) is 5. The first-order valence-corrected chi connectivity index (χ1v) is 14.5. The topological polar surface area (TPSA) is 65.0 Å². The van der Waals surface area contributed by atoms with Gasteiger partial charge in [0.2, 0.25) is 0 Å². The largest absolute Gasteiger partial charge is 0.456 e. The van der Waals surface area contributed by atoms with Gasteiger partial charge in [0.1, 0.15) is 22.3 Å². The van der Waals surface area contributed by atoms with Gasteiger partial charge >= 0.3 is 0 Å². The Morgan fingerprint density at radius 3 is 1.75 bits per heavy atom. The van der Waals surface area contributed by atoms with E-state index in [4.69, 9.17) is 23.8 Å². The summed E-state index contributed by atoms with van der Waals surface area (Å²) in [5, 5.41) is 4.18. The second-order valence-corrected chi connectivity index (χ2v) is 10.8. The van der Waals surface area contributed by atoms with Crippen molar-refractivity contribution in [3.63, 3.8) is 0 Å². The van der Waals surface area contributed by atoms with Crippen molar-refractivity contribution < 1.29 is 8.83 Å². The van der Waals surface area contributed by atoms with Crippen LogP contribution in [0.5, 0.6) is 0 Å². The molecular weight excluding hydrogens is 542 g/mol. The minimum absolute atomic E-state index is 0.599. The number of furan rings is 2. The van der Waals surface area contributed by atoms with Crippen molar-refractivity contribution in [1.82, 2.24) is 15.0 Å². The first-order chi connectivity index (χ1) is 21.8. The highest BCUT2D eigenvalue weighted by Gasteiger charge is 2.19. The zero-order valence-electron chi connectivity index (χ0n) is 23.4. The van der Waals surface area contributed by atoms with Crippen LogP contribution < -0.4 is 0 Å². The van der Waals surface area contributed by atoms with Gasteiger partial charge in [0.15, 0.2) is 17.5 Å². The highest BCUT2D eigenvalue weighted by atomic mass is 16.3. The number of para-hydroxylation sites is 2. The molecular formula is C39H23N3O2. The van der Waals surface area contributed by atoms with E-state index in [0.717, 1.165) is 71.7 Å². The molecule has 5 heteroatoms. The monoisotopic (exact) mass is 565 g/mol. The number of hydrogen-bond donors (Lipinski definition) is 0. The first kappa shape index (κ1) is 24.5. The van der Waals surface area contributed by atoms with Crippen molar-refractivity contribution in [3.05, 3.63) is 140 Å². The minimum atomic E-state index is 0.599. The molecule has 206 valence electrons. The summed E-state index contributed by atoms with van der Waals surface area (Å²) >= 11 is 0. The zero-order chi connectivity index (χ0) is 29.0. The van der Waals surface area contributed by atoms with Crippen LogP contribution in [0, 0.1) is 0 Å². The van der Waals surface area contributed by atoms with Gasteiger partial charge in [0.25, 0.3) is 0 Å². The molecule has 0 amide bonds. The van der Waals surface area contributed by atoms with E-state index >= 15 is 0 Å². The Hall–Kier alpha value is -6.07. The molecule has 0 bridgehead atoms. The Balaban J connectivity index is 1.24. The third kappa shape index (κ3) is 3.91. The minimum Gasteiger partial charge on any atom is -0.456 e. The van der Waals surface area contributed by atoms with Crippen LogP contribution in [0.3, 0.4) is 0 Å². The molecule has 0 unspecified atom stereocenters. The van der Waals surface area contributed by atoms with E-state index in [-0.39, 0.29) is 0 Å². The summed E-state index contributed by atoms with van der Waals surface area (Å²) in [5.74, 6) is 1.85. The molecule has 0 saturated carbocycles. The molecule has 9 rings (SSSR count). The van der Waals surface area contributed by atoms with Crippen LogP contribution in [0.25, 0.3) is 89.2 Å². The van der Waals surface area contributed by atoms with Crippen molar-refractivity contribution in [2.45, 2.75) is 0 Å². The molecule has 0 spiro atoms. The van der Waals surface area contributed by atoms with Crippen LogP contribution in [0.1, 0.15) is 0 Å². The lowest BCUT2D eigenvalue weighted by Gasteiger charge is -2.09. The lowest BCUT2D eigenvalue weighted by Crippen LogP contribution is -2.00. The van der Waals surface area contributed by atoms with Gasteiger partial charge in [-0.05, 0) is 29.8 Å². The van der Waals surface area contributed by atoms with Gasteiger partial charge in [-0.15, -0.1) is 0 Å². The molecule has 0 aliphatic heterocycles. The molecule has 9 aromatic rings. The third-order valence-corrected chi connectivity index (χ3v) is 8.15. The number of aromatic nitrogens is 3. The molecule has 0 N–H and O–H groups in total. The highest BCUT2D eigenvalue weighted by molar-refractivity contribution is 6.14.